The predicted molar refractivity (Wildman–Crippen MR) is 49.7 cm³/mol. The molecule has 1 saturated carbocycles. The fourth-order valence-corrected chi connectivity index (χ4v) is 1.85. The van der Waals surface area contributed by atoms with Gasteiger partial charge in [0, 0.05) is 12.0 Å². The molecule has 0 spiro atoms. The van der Waals surface area contributed by atoms with Crippen LogP contribution in [0.3, 0.4) is 0 Å². The Labute approximate surface area is 76.0 Å². The van der Waals surface area contributed by atoms with Gasteiger partial charge in [-0.05, 0) is 24.2 Å². The zero-order valence-electron chi connectivity index (χ0n) is 6.61. The average Bonchev–Trinajstić information content (AvgIpc) is 1.98. The van der Waals surface area contributed by atoms with Crippen molar-refractivity contribution in [2.24, 2.45) is 0 Å². The summed E-state index contributed by atoms with van der Waals surface area (Å²) in [5.41, 5.74) is 0.977. The van der Waals surface area contributed by atoms with E-state index in [0.29, 0.717) is 5.78 Å². The molecule has 0 bridgehead atoms. The molecule has 0 atom stereocenters. The Morgan fingerprint density at radius 2 is 1.73 bits per heavy atom. The second-order valence-corrected chi connectivity index (χ2v) is 3.43. The van der Waals surface area contributed by atoms with Crippen molar-refractivity contribution >= 4 is 21.7 Å². The van der Waals surface area contributed by atoms with Crippen molar-refractivity contribution in [3.63, 3.8) is 0 Å². The maximum Gasteiger partial charge on any atom is 0.159 e. The summed E-state index contributed by atoms with van der Waals surface area (Å²) in [5.74, 6) is 0.335. The van der Waals surface area contributed by atoms with Gasteiger partial charge in [0.2, 0.25) is 0 Å². The average molecular weight is 217 g/mol. The molecule has 0 radical (unpaired) electrons. The molecule has 0 aliphatic heterocycles. The molecule has 1 fully saturated rings. The van der Waals surface area contributed by atoms with Gasteiger partial charge in [0.15, 0.2) is 5.78 Å². The summed E-state index contributed by atoms with van der Waals surface area (Å²) in [6.07, 6.45) is 6.45. The van der Waals surface area contributed by atoms with Gasteiger partial charge in [-0.3, -0.25) is 4.79 Å². The van der Waals surface area contributed by atoms with Crippen molar-refractivity contribution < 1.29 is 4.79 Å². The Bertz CT molecular complexity index is 172. The second kappa shape index (κ2) is 4.70. The Hall–Kier alpha value is -0.110. The summed E-state index contributed by atoms with van der Waals surface area (Å²) in [7, 11) is 0. The first-order valence-electron chi connectivity index (χ1n) is 4.17. The molecule has 11 heavy (non-hydrogen) atoms. The fraction of sp³-hybridized carbons (Fsp3) is 0.667. The Morgan fingerprint density at radius 1 is 1.09 bits per heavy atom. The third-order valence-corrected chi connectivity index (χ3v) is 2.64. The molecule has 62 valence electrons. The van der Waals surface area contributed by atoms with E-state index in [1.54, 1.807) is 4.99 Å². The van der Waals surface area contributed by atoms with E-state index in [0.717, 1.165) is 24.8 Å². The zero-order chi connectivity index (χ0) is 8.10. The van der Waals surface area contributed by atoms with Gasteiger partial charge >= 0.3 is 0 Å². The maximum atomic E-state index is 11.3. The molecule has 1 aliphatic rings. The van der Waals surface area contributed by atoms with Gasteiger partial charge in [-0.1, -0.05) is 28.8 Å². The molecule has 0 unspecified atom stereocenters. The molecule has 2 heteroatoms. The Kier molecular flexibility index (Phi) is 3.84. The first kappa shape index (κ1) is 8.98. The highest BCUT2D eigenvalue weighted by molar-refractivity contribution is 9.11. The van der Waals surface area contributed by atoms with Crippen LogP contribution in [0, 0.1) is 0 Å². The third-order valence-electron chi connectivity index (χ3n) is 2.09. The summed E-state index contributed by atoms with van der Waals surface area (Å²) < 4.78 is 0. The molecule has 0 N–H and O–H groups in total. The summed E-state index contributed by atoms with van der Waals surface area (Å²) in [6, 6.07) is 0. The minimum Gasteiger partial charge on any atom is -0.295 e. The summed E-state index contributed by atoms with van der Waals surface area (Å²) >= 11 is 3.23. The van der Waals surface area contributed by atoms with Crippen molar-refractivity contribution in [2.45, 2.75) is 38.5 Å². The highest BCUT2D eigenvalue weighted by Gasteiger charge is 2.10. The maximum absolute atomic E-state index is 11.3. The molecular weight excluding hydrogens is 204 g/mol. The standard InChI is InChI=1S/C9H13BrO/c10-7-8-5-3-1-2-4-6-9(8)11/h7H,1-6H2. The SMILES string of the molecule is O=C1CCCCCCC1=CBr. The largest absolute Gasteiger partial charge is 0.295 e. The van der Waals surface area contributed by atoms with E-state index in [4.69, 9.17) is 0 Å². The topological polar surface area (TPSA) is 17.1 Å². The molecule has 0 amide bonds. The Morgan fingerprint density at radius 3 is 2.36 bits per heavy atom. The fourth-order valence-electron chi connectivity index (χ4n) is 1.37. The van der Waals surface area contributed by atoms with E-state index < -0.39 is 0 Å². The quantitative estimate of drug-likeness (QED) is 0.569. The van der Waals surface area contributed by atoms with Gasteiger partial charge < -0.3 is 0 Å². The minimum atomic E-state index is 0.335. The predicted octanol–water partition coefficient (Wildman–Crippen LogP) is 3.19. The summed E-state index contributed by atoms with van der Waals surface area (Å²) in [6.45, 7) is 0. The van der Waals surface area contributed by atoms with Crippen molar-refractivity contribution in [3.8, 4) is 0 Å². The smallest absolute Gasteiger partial charge is 0.159 e. The lowest BCUT2D eigenvalue weighted by atomic mass is 9.96. The van der Waals surface area contributed by atoms with Crippen molar-refractivity contribution in [1.82, 2.24) is 0 Å². The van der Waals surface area contributed by atoms with Crippen LogP contribution in [0.5, 0.6) is 0 Å². The van der Waals surface area contributed by atoms with Gasteiger partial charge in [-0.25, -0.2) is 0 Å². The first-order chi connectivity index (χ1) is 5.34. The van der Waals surface area contributed by atoms with E-state index in [-0.39, 0.29) is 0 Å². The van der Waals surface area contributed by atoms with Gasteiger partial charge in [0.25, 0.3) is 0 Å². The van der Waals surface area contributed by atoms with Gasteiger partial charge in [0.1, 0.15) is 0 Å². The molecular formula is C9H13BrO. The molecule has 0 aromatic rings. The van der Waals surface area contributed by atoms with Crippen LogP contribution >= 0.6 is 15.9 Å². The first-order valence-corrected chi connectivity index (χ1v) is 5.08. The van der Waals surface area contributed by atoms with Crippen molar-refractivity contribution in [3.05, 3.63) is 10.6 Å². The molecule has 1 rings (SSSR count). The monoisotopic (exact) mass is 216 g/mol. The molecule has 1 aliphatic carbocycles. The lowest BCUT2D eigenvalue weighted by Gasteiger charge is -2.09. The summed E-state index contributed by atoms with van der Waals surface area (Å²) in [5, 5.41) is 0. The number of rotatable bonds is 0. The Balaban J connectivity index is 2.53. The number of halogens is 1. The lowest BCUT2D eigenvalue weighted by molar-refractivity contribution is -0.115. The van der Waals surface area contributed by atoms with Crippen LogP contribution in [-0.4, -0.2) is 5.78 Å². The van der Waals surface area contributed by atoms with E-state index in [2.05, 4.69) is 15.9 Å². The van der Waals surface area contributed by atoms with E-state index in [1.807, 2.05) is 0 Å². The van der Waals surface area contributed by atoms with Crippen molar-refractivity contribution in [2.75, 3.05) is 0 Å². The highest BCUT2D eigenvalue weighted by atomic mass is 79.9. The van der Waals surface area contributed by atoms with Crippen LogP contribution in [0.4, 0.5) is 0 Å². The van der Waals surface area contributed by atoms with E-state index in [9.17, 15) is 4.79 Å². The number of hydrogen-bond donors (Lipinski definition) is 0. The molecule has 0 heterocycles. The van der Waals surface area contributed by atoms with Crippen LogP contribution in [0.1, 0.15) is 38.5 Å². The molecule has 0 aromatic heterocycles. The summed E-state index contributed by atoms with van der Waals surface area (Å²) in [4.78, 5) is 13.1. The normalized spacial score (nSPS) is 24.8. The van der Waals surface area contributed by atoms with Crippen LogP contribution < -0.4 is 0 Å². The molecule has 0 aromatic carbocycles. The molecule has 1 nitrogen and oxygen atoms in total. The number of carbonyl (C=O) groups is 1. The zero-order valence-corrected chi connectivity index (χ0v) is 8.19. The third kappa shape index (κ3) is 2.78. The van der Waals surface area contributed by atoms with Crippen molar-refractivity contribution in [1.29, 1.82) is 0 Å². The van der Waals surface area contributed by atoms with Crippen LogP contribution in [0.25, 0.3) is 0 Å². The number of Topliss-reactive ketones (excluding diaryl/α,β-unsaturated/α-hetero) is 1. The second-order valence-electron chi connectivity index (χ2n) is 2.97. The van der Waals surface area contributed by atoms with Gasteiger partial charge in [0.05, 0.1) is 0 Å². The van der Waals surface area contributed by atoms with E-state index >= 15 is 0 Å². The van der Waals surface area contributed by atoms with Crippen LogP contribution in [-0.2, 0) is 4.79 Å². The van der Waals surface area contributed by atoms with E-state index in [1.165, 1.54) is 19.3 Å². The number of allylic oxidation sites excluding steroid dienone is 1. The van der Waals surface area contributed by atoms with Gasteiger partial charge in [-0.2, -0.15) is 0 Å². The highest BCUT2D eigenvalue weighted by Crippen LogP contribution is 2.19. The van der Waals surface area contributed by atoms with Crippen LogP contribution in [0.2, 0.25) is 0 Å². The minimum absolute atomic E-state index is 0.335. The number of carbonyl (C=O) groups excluding carboxylic acids is 1. The lowest BCUT2D eigenvalue weighted by Crippen LogP contribution is -2.04. The van der Waals surface area contributed by atoms with Gasteiger partial charge in [-0.15, -0.1) is 0 Å². The number of ketones is 1. The van der Waals surface area contributed by atoms with Crippen LogP contribution in [0.15, 0.2) is 10.6 Å². The molecule has 0 saturated heterocycles. The number of hydrogen-bond acceptors (Lipinski definition) is 1.